The zero-order chi connectivity index (χ0) is 17.8. The largest absolute Gasteiger partial charge is 0.444 e. The molecule has 0 fully saturated rings. The number of hydrogen-bond donors (Lipinski definition) is 1. The van der Waals surface area contributed by atoms with E-state index in [-0.39, 0.29) is 17.4 Å². The van der Waals surface area contributed by atoms with Crippen molar-refractivity contribution in [1.82, 2.24) is 5.32 Å². The maximum Gasteiger partial charge on any atom is 0.408 e. The fourth-order valence-corrected chi connectivity index (χ4v) is 2.44. The van der Waals surface area contributed by atoms with Gasteiger partial charge in [-0.25, -0.2) is 4.79 Å². The maximum atomic E-state index is 12.0. The van der Waals surface area contributed by atoms with Gasteiger partial charge in [0.25, 0.3) is 0 Å². The fraction of sp³-hybridized carbons (Fsp3) is 0.875. The van der Waals surface area contributed by atoms with Crippen molar-refractivity contribution < 1.29 is 18.8 Å². The molecule has 0 bridgehead atoms. The number of ether oxygens (including phenoxy) is 1. The summed E-state index contributed by atoms with van der Waals surface area (Å²) in [4.78, 5) is 23.9. The summed E-state index contributed by atoms with van der Waals surface area (Å²) >= 11 is 0. The second-order valence-electron chi connectivity index (χ2n) is 8.09. The van der Waals surface area contributed by atoms with Crippen molar-refractivity contribution in [3.8, 4) is 0 Å². The molecule has 0 aromatic heterocycles. The summed E-state index contributed by atoms with van der Waals surface area (Å²) in [5.41, 5.74) is -0.593. The number of hydrogen-bond acceptors (Lipinski definition) is 4. The molecule has 1 N–H and O–H groups in total. The minimum absolute atomic E-state index is 0.0513. The molecule has 1 amide bonds. The first-order valence-electron chi connectivity index (χ1n) is 7.86. The van der Waals surface area contributed by atoms with Crippen molar-refractivity contribution in [3.05, 3.63) is 0 Å². The molecule has 0 spiro atoms. The number of ketones is 1. The van der Waals surface area contributed by atoms with Crippen LogP contribution in [0.15, 0.2) is 0 Å². The highest BCUT2D eigenvalue weighted by Crippen LogP contribution is 2.36. The molecule has 0 aromatic rings. The van der Waals surface area contributed by atoms with Crippen LogP contribution in [-0.2, 0) is 14.0 Å². The van der Waals surface area contributed by atoms with Crippen molar-refractivity contribution in [1.29, 1.82) is 0 Å². The molecule has 0 saturated heterocycles. The summed E-state index contributed by atoms with van der Waals surface area (Å²) in [5.74, 6) is -0.0513. The predicted molar refractivity (Wildman–Crippen MR) is 91.6 cm³/mol. The summed E-state index contributed by atoms with van der Waals surface area (Å²) in [6.07, 6.45) is -0.237. The lowest BCUT2D eigenvalue weighted by Gasteiger charge is -2.37. The second-order valence-corrected chi connectivity index (χ2v) is 12.9. The summed E-state index contributed by atoms with van der Waals surface area (Å²) < 4.78 is 11.3. The summed E-state index contributed by atoms with van der Waals surface area (Å²) in [7, 11) is -1.97. The third-order valence-electron chi connectivity index (χ3n) is 3.85. The first-order valence-corrected chi connectivity index (χ1v) is 10.8. The standard InChI is InChI=1S/C16H33NO4Si/c1-10-13(18)12(17-14(19)21-15(2,3)4)11-20-22(8,9)16(5,6)7/h12H,10-11H2,1-9H3,(H,17,19). The minimum atomic E-state index is -1.97. The molecular weight excluding hydrogens is 298 g/mol. The van der Waals surface area contributed by atoms with E-state index in [9.17, 15) is 9.59 Å². The van der Waals surface area contributed by atoms with Gasteiger partial charge in [0.2, 0.25) is 0 Å². The summed E-state index contributed by atoms with van der Waals surface area (Å²) in [5, 5.41) is 2.69. The minimum Gasteiger partial charge on any atom is -0.444 e. The van der Waals surface area contributed by atoms with E-state index in [0.717, 1.165) is 0 Å². The van der Waals surface area contributed by atoms with Crippen LogP contribution in [0, 0.1) is 0 Å². The van der Waals surface area contributed by atoms with Crippen LogP contribution in [0.2, 0.25) is 18.1 Å². The van der Waals surface area contributed by atoms with Crippen molar-refractivity contribution in [2.75, 3.05) is 6.61 Å². The first kappa shape index (κ1) is 21.1. The first-order chi connectivity index (χ1) is 9.69. The molecule has 0 aromatic carbocycles. The Morgan fingerprint density at radius 1 is 1.09 bits per heavy atom. The van der Waals surface area contributed by atoms with Crippen LogP contribution in [0.4, 0.5) is 4.79 Å². The van der Waals surface area contributed by atoms with E-state index in [2.05, 4.69) is 39.2 Å². The smallest absolute Gasteiger partial charge is 0.408 e. The van der Waals surface area contributed by atoms with Crippen LogP contribution in [0.3, 0.4) is 0 Å². The molecule has 0 saturated carbocycles. The molecular formula is C16H33NO4Si. The van der Waals surface area contributed by atoms with Gasteiger partial charge >= 0.3 is 6.09 Å². The van der Waals surface area contributed by atoms with Crippen LogP contribution in [-0.4, -0.2) is 38.4 Å². The van der Waals surface area contributed by atoms with Gasteiger partial charge in [0.1, 0.15) is 11.6 Å². The van der Waals surface area contributed by atoms with E-state index < -0.39 is 26.1 Å². The Labute approximate surface area is 136 Å². The quantitative estimate of drug-likeness (QED) is 0.750. The van der Waals surface area contributed by atoms with Crippen LogP contribution in [0.5, 0.6) is 0 Å². The fourth-order valence-electron chi connectivity index (χ4n) is 1.42. The van der Waals surface area contributed by atoms with Gasteiger partial charge < -0.3 is 14.5 Å². The van der Waals surface area contributed by atoms with E-state index in [1.165, 1.54) is 0 Å². The number of amides is 1. The summed E-state index contributed by atoms with van der Waals surface area (Å²) in [6.45, 7) is 18.0. The number of nitrogens with one attached hydrogen (secondary N) is 1. The van der Waals surface area contributed by atoms with Crippen molar-refractivity contribution in [2.24, 2.45) is 0 Å². The zero-order valence-electron chi connectivity index (χ0n) is 15.6. The molecule has 1 unspecified atom stereocenters. The third kappa shape index (κ3) is 7.40. The van der Waals surface area contributed by atoms with Crippen LogP contribution >= 0.6 is 0 Å². The number of alkyl carbamates (subject to hydrolysis) is 1. The Kier molecular flexibility index (Phi) is 7.29. The molecule has 1 atom stereocenters. The van der Waals surface area contributed by atoms with Gasteiger partial charge in [0.15, 0.2) is 14.1 Å². The van der Waals surface area contributed by atoms with E-state index in [4.69, 9.17) is 9.16 Å². The van der Waals surface area contributed by atoms with E-state index in [0.29, 0.717) is 6.42 Å². The Morgan fingerprint density at radius 3 is 1.95 bits per heavy atom. The Morgan fingerprint density at radius 2 is 1.59 bits per heavy atom. The zero-order valence-corrected chi connectivity index (χ0v) is 16.6. The topological polar surface area (TPSA) is 64.6 Å². The van der Waals surface area contributed by atoms with Gasteiger partial charge in [0.05, 0.1) is 6.61 Å². The van der Waals surface area contributed by atoms with Crippen LogP contribution in [0.1, 0.15) is 54.9 Å². The van der Waals surface area contributed by atoms with E-state index in [1.807, 2.05) is 0 Å². The molecule has 0 heterocycles. The van der Waals surface area contributed by atoms with Gasteiger partial charge in [-0.1, -0.05) is 27.7 Å². The Balaban J connectivity index is 4.82. The van der Waals surface area contributed by atoms with Gasteiger partial charge in [-0.05, 0) is 38.9 Å². The van der Waals surface area contributed by atoms with Crippen LogP contribution in [0.25, 0.3) is 0 Å². The predicted octanol–water partition coefficient (Wildman–Crippen LogP) is 3.88. The highest BCUT2D eigenvalue weighted by atomic mass is 28.4. The second kappa shape index (κ2) is 7.59. The molecule has 22 heavy (non-hydrogen) atoms. The number of rotatable bonds is 6. The van der Waals surface area contributed by atoms with Gasteiger partial charge in [0, 0.05) is 6.42 Å². The molecule has 0 aliphatic heterocycles. The summed E-state index contributed by atoms with van der Waals surface area (Å²) in [6, 6.07) is -0.658. The normalized spacial score (nSPS) is 14.4. The molecule has 130 valence electrons. The number of carbonyl (C=O) groups is 2. The average Bonchev–Trinajstić information content (AvgIpc) is 2.29. The van der Waals surface area contributed by atoms with Crippen molar-refractivity contribution in [3.63, 3.8) is 0 Å². The highest BCUT2D eigenvalue weighted by molar-refractivity contribution is 6.74. The number of carbonyl (C=O) groups excluding carboxylic acids is 2. The lowest BCUT2D eigenvalue weighted by Crippen LogP contribution is -2.50. The Hall–Kier alpha value is -0.883. The lowest BCUT2D eigenvalue weighted by molar-refractivity contribution is -0.121. The molecule has 0 aliphatic carbocycles. The maximum absolute atomic E-state index is 12.0. The van der Waals surface area contributed by atoms with Crippen molar-refractivity contribution in [2.45, 2.75) is 84.7 Å². The molecule has 6 heteroatoms. The van der Waals surface area contributed by atoms with E-state index >= 15 is 0 Å². The lowest BCUT2D eigenvalue weighted by atomic mass is 10.1. The van der Waals surface area contributed by atoms with Gasteiger partial charge in [-0.3, -0.25) is 4.79 Å². The SMILES string of the molecule is CCC(=O)C(CO[Si](C)(C)C(C)(C)C)NC(=O)OC(C)(C)C. The molecule has 0 rings (SSSR count). The third-order valence-corrected chi connectivity index (χ3v) is 8.35. The van der Waals surface area contributed by atoms with E-state index in [1.54, 1.807) is 27.7 Å². The molecule has 0 aliphatic rings. The number of Topliss-reactive ketones (excluding diaryl/α,β-unsaturated/α-hetero) is 1. The average molecular weight is 332 g/mol. The Bertz CT molecular complexity index is 394. The van der Waals surface area contributed by atoms with Gasteiger partial charge in [-0.15, -0.1) is 0 Å². The highest BCUT2D eigenvalue weighted by Gasteiger charge is 2.38. The molecule has 5 nitrogen and oxygen atoms in total. The van der Waals surface area contributed by atoms with Gasteiger partial charge in [-0.2, -0.15) is 0 Å². The monoisotopic (exact) mass is 331 g/mol. The van der Waals surface area contributed by atoms with Crippen LogP contribution < -0.4 is 5.32 Å². The molecule has 0 radical (unpaired) electrons. The van der Waals surface area contributed by atoms with Crippen molar-refractivity contribution >= 4 is 20.2 Å².